The Labute approximate surface area is 187 Å². The smallest absolute Gasteiger partial charge is 0.327 e. The summed E-state index contributed by atoms with van der Waals surface area (Å²) in [6.45, 7) is 3.18. The van der Waals surface area contributed by atoms with E-state index in [-0.39, 0.29) is 17.1 Å². The summed E-state index contributed by atoms with van der Waals surface area (Å²) in [4.78, 5) is 27.6. The molecule has 33 heavy (non-hydrogen) atoms. The van der Waals surface area contributed by atoms with Gasteiger partial charge in [-0.3, -0.25) is 9.69 Å². The molecule has 3 amide bonds. The summed E-state index contributed by atoms with van der Waals surface area (Å²) in [6, 6.07) is 9.35. The Bertz CT molecular complexity index is 1230. The van der Waals surface area contributed by atoms with Crippen molar-refractivity contribution >= 4 is 23.4 Å². The van der Waals surface area contributed by atoms with Gasteiger partial charge >= 0.3 is 6.03 Å². The van der Waals surface area contributed by atoms with Gasteiger partial charge in [0.2, 0.25) is 0 Å². The molecule has 1 aliphatic rings. The number of nitrogens with zero attached hydrogens (tertiary/aromatic N) is 2. The number of rotatable bonds is 5. The standard InChI is InChI=1S/C23H20F2N4O4/c1-12-11-18(28-33-12)26-22(30)19-13(2)29(14-7-9-15(32-3)10-8-14)23(31)27-21(19)20-16(24)5-4-6-17(20)25/h4-11,21H,1-3H3,(H,27,31)(H,26,28,30). The molecular formula is C23H20F2N4O4. The quantitative estimate of drug-likeness (QED) is 0.594. The van der Waals surface area contributed by atoms with Crippen LogP contribution >= 0.6 is 0 Å². The molecule has 2 heterocycles. The molecule has 4 rings (SSSR count). The van der Waals surface area contributed by atoms with Crippen LogP contribution in [0.1, 0.15) is 24.3 Å². The summed E-state index contributed by atoms with van der Waals surface area (Å²) in [5.41, 5.74) is 0.117. The number of benzene rings is 2. The second-order valence-corrected chi connectivity index (χ2v) is 7.33. The normalized spacial score (nSPS) is 16.0. The van der Waals surface area contributed by atoms with Crippen LogP contribution in [0.4, 0.5) is 25.1 Å². The lowest BCUT2D eigenvalue weighted by Crippen LogP contribution is -2.49. The van der Waals surface area contributed by atoms with Crippen molar-refractivity contribution in [1.29, 1.82) is 0 Å². The van der Waals surface area contributed by atoms with Gasteiger partial charge in [0.25, 0.3) is 5.91 Å². The van der Waals surface area contributed by atoms with Crippen LogP contribution in [0.2, 0.25) is 0 Å². The molecular weight excluding hydrogens is 434 g/mol. The molecule has 2 N–H and O–H groups in total. The first kappa shape index (κ1) is 22.0. The number of methoxy groups -OCH3 is 1. The van der Waals surface area contributed by atoms with Crippen LogP contribution in [0.5, 0.6) is 5.75 Å². The Morgan fingerprint density at radius 3 is 2.39 bits per heavy atom. The van der Waals surface area contributed by atoms with E-state index in [1.807, 2.05) is 0 Å². The number of nitrogens with one attached hydrogen (secondary N) is 2. The number of hydrogen-bond donors (Lipinski definition) is 2. The molecule has 1 unspecified atom stereocenters. The van der Waals surface area contributed by atoms with Crippen LogP contribution in [0.3, 0.4) is 0 Å². The van der Waals surface area contributed by atoms with E-state index >= 15 is 0 Å². The van der Waals surface area contributed by atoms with Crippen molar-refractivity contribution in [3.63, 3.8) is 0 Å². The van der Waals surface area contributed by atoms with Crippen molar-refractivity contribution in [1.82, 2.24) is 10.5 Å². The van der Waals surface area contributed by atoms with Gasteiger partial charge in [-0.1, -0.05) is 11.2 Å². The highest BCUT2D eigenvalue weighted by atomic mass is 19.1. The number of anilines is 2. The van der Waals surface area contributed by atoms with Crippen LogP contribution in [-0.4, -0.2) is 24.2 Å². The number of aromatic nitrogens is 1. The molecule has 0 spiro atoms. The molecule has 170 valence electrons. The Kier molecular flexibility index (Phi) is 5.82. The minimum absolute atomic E-state index is 0.0601. The Balaban J connectivity index is 1.84. The first-order valence-corrected chi connectivity index (χ1v) is 9.94. The largest absolute Gasteiger partial charge is 0.497 e. The molecule has 0 saturated heterocycles. The van der Waals surface area contributed by atoms with Crippen molar-refractivity contribution in [3.05, 3.63) is 82.8 Å². The van der Waals surface area contributed by atoms with Gasteiger partial charge in [0.1, 0.15) is 23.1 Å². The van der Waals surface area contributed by atoms with Crippen LogP contribution in [-0.2, 0) is 4.79 Å². The van der Waals surface area contributed by atoms with E-state index in [1.54, 1.807) is 31.2 Å². The topological polar surface area (TPSA) is 96.7 Å². The summed E-state index contributed by atoms with van der Waals surface area (Å²) in [5.74, 6) is -1.33. The zero-order chi connectivity index (χ0) is 23.7. The number of amides is 3. The SMILES string of the molecule is COc1ccc(N2C(=O)NC(c3c(F)cccc3F)C(C(=O)Nc3cc(C)on3)=C2C)cc1. The highest BCUT2D eigenvalue weighted by molar-refractivity contribution is 6.09. The molecule has 1 atom stereocenters. The van der Waals surface area contributed by atoms with Crippen LogP contribution in [0.15, 0.2) is 64.3 Å². The first-order chi connectivity index (χ1) is 15.8. The van der Waals surface area contributed by atoms with E-state index in [0.717, 1.165) is 12.1 Å². The average Bonchev–Trinajstić information content (AvgIpc) is 3.18. The number of aryl methyl sites for hydroxylation is 1. The number of allylic oxidation sites excluding steroid dienone is 1. The highest BCUT2D eigenvalue weighted by Gasteiger charge is 2.39. The summed E-state index contributed by atoms with van der Waals surface area (Å²) < 4.78 is 39.4. The third-order valence-electron chi connectivity index (χ3n) is 5.22. The van der Waals surface area contributed by atoms with Gasteiger partial charge in [0.05, 0.1) is 30.0 Å². The number of halogens is 2. The predicted octanol–water partition coefficient (Wildman–Crippen LogP) is 4.45. The van der Waals surface area contributed by atoms with Crippen molar-refractivity contribution in [2.45, 2.75) is 19.9 Å². The van der Waals surface area contributed by atoms with E-state index in [1.165, 1.54) is 31.1 Å². The zero-order valence-corrected chi connectivity index (χ0v) is 18.0. The van der Waals surface area contributed by atoms with Crippen LogP contribution in [0, 0.1) is 18.6 Å². The molecule has 0 bridgehead atoms. The fourth-order valence-electron chi connectivity index (χ4n) is 3.69. The van der Waals surface area contributed by atoms with E-state index in [9.17, 15) is 18.4 Å². The van der Waals surface area contributed by atoms with Gasteiger partial charge in [-0.2, -0.15) is 0 Å². The minimum atomic E-state index is -1.37. The van der Waals surface area contributed by atoms with E-state index < -0.39 is 35.2 Å². The fourth-order valence-corrected chi connectivity index (χ4v) is 3.69. The molecule has 2 aromatic carbocycles. The summed E-state index contributed by atoms with van der Waals surface area (Å²) in [5, 5.41) is 8.85. The molecule has 0 radical (unpaired) electrons. The molecule has 8 nitrogen and oxygen atoms in total. The number of carbonyl (C=O) groups is 2. The van der Waals surface area contributed by atoms with Crippen molar-refractivity contribution in [3.8, 4) is 5.75 Å². The fraction of sp³-hybridized carbons (Fsp3) is 0.174. The molecule has 1 aromatic heterocycles. The monoisotopic (exact) mass is 454 g/mol. The third-order valence-corrected chi connectivity index (χ3v) is 5.22. The predicted molar refractivity (Wildman–Crippen MR) is 116 cm³/mol. The maximum Gasteiger partial charge on any atom is 0.327 e. The molecule has 0 saturated carbocycles. The molecule has 1 aliphatic heterocycles. The Hall–Kier alpha value is -4.21. The second kappa shape index (κ2) is 8.73. The molecule has 3 aromatic rings. The third kappa shape index (κ3) is 4.14. The van der Waals surface area contributed by atoms with Crippen LogP contribution in [0.25, 0.3) is 0 Å². The van der Waals surface area contributed by atoms with E-state index in [2.05, 4.69) is 15.8 Å². The number of ether oxygens (including phenoxy) is 1. The van der Waals surface area contributed by atoms with Gasteiger partial charge < -0.3 is 19.9 Å². The minimum Gasteiger partial charge on any atom is -0.497 e. The van der Waals surface area contributed by atoms with Crippen LogP contribution < -0.4 is 20.3 Å². The van der Waals surface area contributed by atoms with E-state index in [0.29, 0.717) is 17.2 Å². The summed E-state index contributed by atoms with van der Waals surface area (Å²) in [6.07, 6.45) is 0. The molecule has 10 heteroatoms. The van der Waals surface area contributed by atoms with Crippen molar-refractivity contribution < 1.29 is 27.6 Å². The maximum atomic E-state index is 14.7. The van der Waals surface area contributed by atoms with Crippen molar-refractivity contribution in [2.24, 2.45) is 0 Å². The van der Waals surface area contributed by atoms with Gasteiger partial charge in [0, 0.05) is 11.8 Å². The molecule has 0 aliphatic carbocycles. The number of carbonyl (C=O) groups excluding carboxylic acids is 2. The van der Waals surface area contributed by atoms with E-state index in [4.69, 9.17) is 9.26 Å². The lowest BCUT2D eigenvalue weighted by atomic mass is 9.93. The lowest BCUT2D eigenvalue weighted by Gasteiger charge is -2.35. The van der Waals surface area contributed by atoms with Gasteiger partial charge in [0.15, 0.2) is 5.82 Å². The Morgan fingerprint density at radius 2 is 1.82 bits per heavy atom. The average molecular weight is 454 g/mol. The van der Waals surface area contributed by atoms with Gasteiger partial charge in [-0.25, -0.2) is 13.6 Å². The number of hydrogen-bond acceptors (Lipinski definition) is 5. The first-order valence-electron chi connectivity index (χ1n) is 9.94. The Morgan fingerprint density at radius 1 is 1.15 bits per heavy atom. The number of urea groups is 1. The highest BCUT2D eigenvalue weighted by Crippen LogP contribution is 2.36. The summed E-state index contributed by atoms with van der Waals surface area (Å²) in [7, 11) is 1.51. The van der Waals surface area contributed by atoms with Gasteiger partial charge in [-0.15, -0.1) is 0 Å². The second-order valence-electron chi connectivity index (χ2n) is 7.33. The van der Waals surface area contributed by atoms with Gasteiger partial charge in [-0.05, 0) is 50.2 Å². The summed E-state index contributed by atoms with van der Waals surface area (Å²) >= 11 is 0. The molecule has 0 fully saturated rings. The zero-order valence-electron chi connectivity index (χ0n) is 18.0. The van der Waals surface area contributed by atoms with Crippen molar-refractivity contribution in [2.75, 3.05) is 17.3 Å². The lowest BCUT2D eigenvalue weighted by molar-refractivity contribution is -0.113. The maximum absolute atomic E-state index is 14.7.